The normalized spacial score (nSPS) is 10.6. The topological polar surface area (TPSA) is 87.4 Å². The van der Waals surface area contributed by atoms with Gasteiger partial charge in [-0.15, -0.1) is 0 Å². The molecule has 0 aromatic heterocycles. The third-order valence-electron chi connectivity index (χ3n) is 2.48. The zero-order valence-corrected chi connectivity index (χ0v) is 13.6. The number of hydrogen-bond donors (Lipinski definition) is 1. The first-order valence-electron chi connectivity index (χ1n) is 6.89. The smallest absolute Gasteiger partial charge is 0.335 e. The molecule has 0 heterocycles. The number of ether oxygens (including phenoxy) is 1. The van der Waals surface area contributed by atoms with Crippen molar-refractivity contribution in [1.82, 2.24) is 0 Å². The van der Waals surface area contributed by atoms with E-state index < -0.39 is 5.97 Å². The van der Waals surface area contributed by atoms with Gasteiger partial charge < -0.3 is 9.84 Å². The van der Waals surface area contributed by atoms with Gasteiger partial charge >= 0.3 is 11.9 Å². The summed E-state index contributed by atoms with van der Waals surface area (Å²) < 4.78 is 4.27. The van der Waals surface area contributed by atoms with Gasteiger partial charge in [0.1, 0.15) is 0 Å². The molecule has 5 heteroatoms. The third kappa shape index (κ3) is 9.53. The number of allylic oxidation sites excluding steroid dienone is 3. The van der Waals surface area contributed by atoms with Gasteiger partial charge in [0.2, 0.25) is 0 Å². The summed E-state index contributed by atoms with van der Waals surface area (Å²) in [5.74, 6) is -1.38. The van der Waals surface area contributed by atoms with Crippen LogP contribution in [-0.2, 0) is 14.3 Å². The number of esters is 1. The number of carbonyl (C=O) groups excluding carboxylic acids is 1. The quantitative estimate of drug-likeness (QED) is 0.387. The molecule has 0 atom stereocenters. The number of nitriles is 1. The minimum atomic E-state index is -1.03. The van der Waals surface area contributed by atoms with Crippen molar-refractivity contribution in [1.29, 1.82) is 5.26 Å². The molecule has 0 spiro atoms. The highest BCUT2D eigenvalue weighted by Gasteiger charge is 2.00. The average molecular weight is 325 g/mol. The lowest BCUT2D eigenvalue weighted by molar-refractivity contribution is -0.136. The van der Waals surface area contributed by atoms with E-state index in [0.717, 1.165) is 5.56 Å². The van der Waals surface area contributed by atoms with Crippen LogP contribution >= 0.6 is 0 Å². The van der Waals surface area contributed by atoms with Gasteiger partial charge in [0, 0.05) is 11.6 Å². The fourth-order valence-electron chi connectivity index (χ4n) is 1.32. The number of carbonyl (C=O) groups is 2. The summed E-state index contributed by atoms with van der Waals surface area (Å²) in [6, 6.07) is 11.2. The van der Waals surface area contributed by atoms with Crippen molar-refractivity contribution < 1.29 is 19.4 Å². The van der Waals surface area contributed by atoms with Crippen LogP contribution in [0.2, 0.25) is 0 Å². The zero-order chi connectivity index (χ0) is 18.4. The van der Waals surface area contributed by atoms with Gasteiger partial charge in [0.25, 0.3) is 0 Å². The number of aliphatic carboxylic acids is 1. The third-order valence-corrected chi connectivity index (χ3v) is 2.48. The van der Waals surface area contributed by atoms with Crippen LogP contribution in [0.15, 0.2) is 72.4 Å². The predicted molar refractivity (Wildman–Crippen MR) is 92.8 cm³/mol. The van der Waals surface area contributed by atoms with Gasteiger partial charge in [-0.1, -0.05) is 49.1 Å². The highest BCUT2D eigenvalue weighted by Crippen LogP contribution is 2.05. The monoisotopic (exact) mass is 325 g/mol. The maximum atomic E-state index is 10.9. The Labute approximate surface area is 141 Å². The molecule has 5 nitrogen and oxygen atoms in total. The molecular formula is C19H19NO4. The number of rotatable bonds is 5. The summed E-state index contributed by atoms with van der Waals surface area (Å²) in [5, 5.41) is 17.2. The zero-order valence-electron chi connectivity index (χ0n) is 13.6. The van der Waals surface area contributed by atoms with Crippen LogP contribution < -0.4 is 0 Å². The average Bonchev–Trinajstić information content (AvgIpc) is 2.58. The summed E-state index contributed by atoms with van der Waals surface area (Å²) in [5.41, 5.74) is 1.48. The predicted octanol–water partition coefficient (Wildman–Crippen LogP) is 3.53. The van der Waals surface area contributed by atoms with Crippen LogP contribution in [0.1, 0.15) is 12.5 Å². The minimum Gasteiger partial charge on any atom is -0.478 e. The maximum absolute atomic E-state index is 10.9. The molecule has 1 aromatic rings. The second kappa shape index (κ2) is 12.2. The molecule has 1 rings (SSSR count). The molecule has 0 saturated heterocycles. The van der Waals surface area contributed by atoms with Crippen molar-refractivity contribution in [3.05, 3.63) is 77.9 Å². The molecule has 0 bridgehead atoms. The molecular weight excluding hydrogens is 306 g/mol. The first-order chi connectivity index (χ1) is 11.4. The summed E-state index contributed by atoms with van der Waals surface area (Å²) in [6.07, 6.45) is 7.21. The Morgan fingerprint density at radius 2 is 1.92 bits per heavy atom. The Bertz CT molecular complexity index is 692. The van der Waals surface area contributed by atoms with Crippen LogP contribution in [0.4, 0.5) is 0 Å². The van der Waals surface area contributed by atoms with Crippen molar-refractivity contribution in [2.45, 2.75) is 6.92 Å². The van der Waals surface area contributed by atoms with Gasteiger partial charge in [-0.25, -0.2) is 9.59 Å². The summed E-state index contributed by atoms with van der Waals surface area (Å²) in [7, 11) is 1.33. The second-order valence-electron chi connectivity index (χ2n) is 4.43. The van der Waals surface area contributed by atoms with E-state index in [9.17, 15) is 9.59 Å². The number of hydrogen-bond acceptors (Lipinski definition) is 4. The molecule has 1 N–H and O–H groups in total. The maximum Gasteiger partial charge on any atom is 0.335 e. The Kier molecular flexibility index (Phi) is 10.5. The highest BCUT2D eigenvalue weighted by atomic mass is 16.5. The van der Waals surface area contributed by atoms with Crippen LogP contribution in [0.3, 0.4) is 0 Å². The van der Waals surface area contributed by atoms with E-state index in [2.05, 4.69) is 11.3 Å². The Morgan fingerprint density at radius 3 is 2.33 bits per heavy atom. The van der Waals surface area contributed by atoms with Crippen molar-refractivity contribution in [2.75, 3.05) is 7.11 Å². The minimum absolute atomic E-state index is 0.125. The van der Waals surface area contributed by atoms with E-state index in [-0.39, 0.29) is 11.5 Å². The van der Waals surface area contributed by atoms with Gasteiger partial charge in [0.15, 0.2) is 0 Å². The van der Waals surface area contributed by atoms with Crippen LogP contribution in [0.25, 0.3) is 6.08 Å². The van der Waals surface area contributed by atoms with Gasteiger partial charge in [-0.05, 0) is 24.6 Å². The lowest BCUT2D eigenvalue weighted by Crippen LogP contribution is -1.98. The van der Waals surface area contributed by atoms with E-state index in [4.69, 9.17) is 10.4 Å². The molecule has 0 radical (unpaired) electrons. The fraction of sp³-hybridized carbons (Fsp3) is 0.105. The van der Waals surface area contributed by atoms with E-state index >= 15 is 0 Å². The number of nitrogens with zero attached hydrogens (tertiary/aromatic N) is 1. The largest absolute Gasteiger partial charge is 0.478 e. The standard InChI is InChI=1S/C14H11NO2.C5H8O2/c15-11-5-4-8-13(14(16)17)10-9-12-6-2-1-3-7-12;1-4(2)5(6)7-3/h1-10H,(H,16,17);1H2,2-3H3. The SMILES string of the molecule is C=C(C)C(=O)OC.N#CC=CC=C(C=Cc1ccccc1)C(=O)O. The number of carboxylic acids is 1. The molecule has 1 aromatic carbocycles. The van der Waals surface area contributed by atoms with Crippen molar-refractivity contribution in [2.24, 2.45) is 0 Å². The lowest BCUT2D eigenvalue weighted by atomic mass is 10.1. The lowest BCUT2D eigenvalue weighted by Gasteiger charge is -1.93. The summed E-state index contributed by atoms with van der Waals surface area (Å²) in [4.78, 5) is 21.1. The van der Waals surface area contributed by atoms with Gasteiger partial charge in [0.05, 0.1) is 18.8 Å². The van der Waals surface area contributed by atoms with Gasteiger partial charge in [-0.3, -0.25) is 0 Å². The Balaban J connectivity index is 0.000000640. The van der Waals surface area contributed by atoms with E-state index in [1.165, 1.54) is 31.4 Å². The molecule has 124 valence electrons. The highest BCUT2D eigenvalue weighted by molar-refractivity contribution is 5.91. The number of methoxy groups -OCH3 is 1. The van der Waals surface area contributed by atoms with Crippen LogP contribution in [0.5, 0.6) is 0 Å². The van der Waals surface area contributed by atoms with Crippen molar-refractivity contribution >= 4 is 18.0 Å². The molecule has 0 amide bonds. The summed E-state index contributed by atoms with van der Waals surface area (Å²) >= 11 is 0. The molecule has 0 fully saturated rings. The number of carboxylic acid groups (broad SMARTS) is 1. The first-order valence-corrected chi connectivity index (χ1v) is 6.89. The first kappa shape index (κ1) is 20.6. The van der Waals surface area contributed by atoms with E-state index in [1.807, 2.05) is 30.3 Å². The Morgan fingerprint density at radius 1 is 1.29 bits per heavy atom. The fourth-order valence-corrected chi connectivity index (χ4v) is 1.32. The second-order valence-corrected chi connectivity index (χ2v) is 4.43. The van der Waals surface area contributed by atoms with Crippen LogP contribution in [-0.4, -0.2) is 24.2 Å². The van der Waals surface area contributed by atoms with E-state index in [0.29, 0.717) is 5.57 Å². The van der Waals surface area contributed by atoms with E-state index in [1.54, 1.807) is 19.1 Å². The molecule has 0 aliphatic rings. The molecule has 0 aliphatic heterocycles. The van der Waals surface area contributed by atoms with Crippen molar-refractivity contribution in [3.8, 4) is 6.07 Å². The Hall–Kier alpha value is -3.39. The molecule has 0 saturated carbocycles. The molecule has 24 heavy (non-hydrogen) atoms. The summed E-state index contributed by atoms with van der Waals surface area (Å²) in [6.45, 7) is 4.95. The molecule has 0 aliphatic carbocycles. The molecule has 0 unspecified atom stereocenters. The van der Waals surface area contributed by atoms with Gasteiger partial charge in [-0.2, -0.15) is 5.26 Å². The van der Waals surface area contributed by atoms with Crippen molar-refractivity contribution in [3.63, 3.8) is 0 Å². The van der Waals surface area contributed by atoms with Crippen LogP contribution in [0, 0.1) is 11.3 Å². The number of benzene rings is 1.